The standard InChI is InChI=1S/C12H13BrINO/c1-2-15(9-4-5-9)12(16)10-7-8(14)3-6-11(10)13/h3,6-7,9H,2,4-5H2,1H3. The Balaban J connectivity index is 2.28. The predicted molar refractivity (Wildman–Crippen MR) is 76.6 cm³/mol. The number of hydrogen-bond donors (Lipinski definition) is 0. The molecule has 0 radical (unpaired) electrons. The Bertz CT molecular complexity index is 417. The minimum Gasteiger partial charge on any atom is -0.336 e. The zero-order valence-electron chi connectivity index (χ0n) is 9.04. The summed E-state index contributed by atoms with van der Waals surface area (Å²) in [6, 6.07) is 6.35. The van der Waals surface area contributed by atoms with E-state index in [1.807, 2.05) is 30.0 Å². The SMILES string of the molecule is CCN(C(=O)c1cc(I)ccc1Br)C1CC1. The summed E-state index contributed by atoms with van der Waals surface area (Å²) in [5, 5.41) is 0. The quantitative estimate of drug-likeness (QED) is 0.717. The van der Waals surface area contributed by atoms with Gasteiger partial charge in [-0.05, 0) is 76.5 Å². The van der Waals surface area contributed by atoms with Crippen molar-refractivity contribution in [3.05, 3.63) is 31.8 Å². The van der Waals surface area contributed by atoms with Crippen LogP contribution in [-0.4, -0.2) is 23.4 Å². The third-order valence-corrected chi connectivity index (χ3v) is 4.11. The second-order valence-corrected chi connectivity index (χ2v) is 6.05. The van der Waals surface area contributed by atoms with Crippen LogP contribution in [0, 0.1) is 3.57 Å². The fourth-order valence-corrected chi connectivity index (χ4v) is 2.68. The van der Waals surface area contributed by atoms with Crippen molar-refractivity contribution in [1.82, 2.24) is 4.90 Å². The van der Waals surface area contributed by atoms with Gasteiger partial charge in [0.2, 0.25) is 0 Å². The fraction of sp³-hybridized carbons (Fsp3) is 0.417. The maximum atomic E-state index is 12.3. The molecule has 0 unspecified atom stereocenters. The predicted octanol–water partition coefficient (Wildman–Crippen LogP) is 3.68. The van der Waals surface area contributed by atoms with Crippen molar-refractivity contribution < 1.29 is 4.79 Å². The number of carbonyl (C=O) groups is 1. The molecule has 1 fully saturated rings. The van der Waals surface area contributed by atoms with Gasteiger partial charge in [-0.1, -0.05) is 0 Å². The van der Waals surface area contributed by atoms with Crippen LogP contribution in [0.3, 0.4) is 0 Å². The Morgan fingerprint density at radius 2 is 2.25 bits per heavy atom. The zero-order valence-corrected chi connectivity index (χ0v) is 12.8. The molecule has 0 N–H and O–H groups in total. The van der Waals surface area contributed by atoms with Crippen molar-refractivity contribution in [3.63, 3.8) is 0 Å². The number of nitrogens with zero attached hydrogens (tertiary/aromatic N) is 1. The molecule has 0 spiro atoms. The Labute approximate surface area is 118 Å². The van der Waals surface area contributed by atoms with Gasteiger partial charge in [-0.15, -0.1) is 0 Å². The molecule has 1 amide bonds. The molecule has 4 heteroatoms. The lowest BCUT2D eigenvalue weighted by molar-refractivity contribution is 0.0751. The van der Waals surface area contributed by atoms with E-state index in [4.69, 9.17) is 0 Å². The van der Waals surface area contributed by atoms with Gasteiger partial charge in [0.25, 0.3) is 5.91 Å². The van der Waals surface area contributed by atoms with Gasteiger partial charge in [0, 0.05) is 20.6 Å². The normalized spacial score (nSPS) is 14.9. The molecular formula is C12H13BrINO. The Hall–Kier alpha value is -0.100. The molecule has 0 saturated heterocycles. The molecule has 16 heavy (non-hydrogen) atoms. The van der Waals surface area contributed by atoms with Gasteiger partial charge in [-0.2, -0.15) is 0 Å². The number of hydrogen-bond acceptors (Lipinski definition) is 1. The van der Waals surface area contributed by atoms with Gasteiger partial charge in [0.15, 0.2) is 0 Å². The van der Waals surface area contributed by atoms with Crippen LogP contribution < -0.4 is 0 Å². The van der Waals surface area contributed by atoms with Crippen LogP contribution in [0.25, 0.3) is 0 Å². The molecule has 2 rings (SSSR count). The van der Waals surface area contributed by atoms with Gasteiger partial charge in [-0.3, -0.25) is 4.79 Å². The summed E-state index contributed by atoms with van der Waals surface area (Å²) < 4.78 is 1.98. The van der Waals surface area contributed by atoms with Crippen LogP contribution in [0.1, 0.15) is 30.1 Å². The van der Waals surface area contributed by atoms with E-state index in [2.05, 4.69) is 38.5 Å². The largest absolute Gasteiger partial charge is 0.336 e. The molecule has 0 aliphatic heterocycles. The van der Waals surface area contributed by atoms with Gasteiger partial charge in [-0.25, -0.2) is 0 Å². The first-order chi connectivity index (χ1) is 7.63. The number of benzene rings is 1. The minimum absolute atomic E-state index is 0.149. The molecule has 0 aromatic heterocycles. The molecule has 2 nitrogen and oxygen atoms in total. The number of carbonyl (C=O) groups excluding carboxylic acids is 1. The molecule has 86 valence electrons. The highest BCUT2D eigenvalue weighted by molar-refractivity contribution is 14.1. The van der Waals surface area contributed by atoms with Crippen molar-refractivity contribution in [2.45, 2.75) is 25.8 Å². The van der Waals surface area contributed by atoms with Crippen molar-refractivity contribution in [2.24, 2.45) is 0 Å². The first-order valence-electron chi connectivity index (χ1n) is 5.39. The summed E-state index contributed by atoms with van der Waals surface area (Å²) in [7, 11) is 0. The second-order valence-electron chi connectivity index (χ2n) is 3.95. The molecule has 0 bridgehead atoms. The zero-order chi connectivity index (χ0) is 11.7. The molecule has 0 heterocycles. The summed E-state index contributed by atoms with van der Waals surface area (Å²) in [5.41, 5.74) is 0.778. The number of amides is 1. The average molecular weight is 394 g/mol. The molecule has 1 aromatic rings. The van der Waals surface area contributed by atoms with Crippen LogP contribution in [0.5, 0.6) is 0 Å². The summed E-state index contributed by atoms with van der Waals surface area (Å²) in [6.45, 7) is 2.83. The fourth-order valence-electron chi connectivity index (χ4n) is 1.77. The van der Waals surface area contributed by atoms with E-state index in [0.29, 0.717) is 6.04 Å². The van der Waals surface area contributed by atoms with E-state index in [1.54, 1.807) is 0 Å². The summed E-state index contributed by atoms with van der Waals surface area (Å²) >= 11 is 5.68. The lowest BCUT2D eigenvalue weighted by Gasteiger charge is -2.21. The van der Waals surface area contributed by atoms with Gasteiger partial charge >= 0.3 is 0 Å². The monoisotopic (exact) mass is 393 g/mol. The second kappa shape index (κ2) is 5.04. The minimum atomic E-state index is 0.149. The highest BCUT2D eigenvalue weighted by atomic mass is 127. The van der Waals surface area contributed by atoms with Crippen LogP contribution in [0.4, 0.5) is 0 Å². The summed E-state index contributed by atoms with van der Waals surface area (Å²) in [5.74, 6) is 0.149. The summed E-state index contributed by atoms with van der Waals surface area (Å²) in [4.78, 5) is 14.3. The highest BCUT2D eigenvalue weighted by Crippen LogP contribution is 2.30. The molecule has 1 saturated carbocycles. The van der Waals surface area contributed by atoms with Gasteiger partial charge in [0.1, 0.15) is 0 Å². The van der Waals surface area contributed by atoms with Gasteiger partial charge in [0.05, 0.1) is 5.56 Å². The Morgan fingerprint density at radius 1 is 1.56 bits per heavy atom. The molecule has 1 aliphatic rings. The van der Waals surface area contributed by atoms with E-state index < -0.39 is 0 Å². The first-order valence-corrected chi connectivity index (χ1v) is 7.26. The van der Waals surface area contributed by atoms with Crippen molar-refractivity contribution >= 4 is 44.4 Å². The van der Waals surface area contributed by atoms with Crippen molar-refractivity contribution in [3.8, 4) is 0 Å². The van der Waals surface area contributed by atoms with Crippen molar-refractivity contribution in [1.29, 1.82) is 0 Å². The molecular weight excluding hydrogens is 381 g/mol. The van der Waals surface area contributed by atoms with Crippen molar-refractivity contribution in [2.75, 3.05) is 6.54 Å². The third kappa shape index (κ3) is 2.59. The van der Waals surface area contributed by atoms with Crippen LogP contribution in [0.2, 0.25) is 0 Å². The van der Waals surface area contributed by atoms with Gasteiger partial charge < -0.3 is 4.90 Å². The molecule has 1 aromatic carbocycles. The van der Waals surface area contributed by atoms with E-state index in [0.717, 1.165) is 33.0 Å². The topological polar surface area (TPSA) is 20.3 Å². The first kappa shape index (κ1) is 12.4. The Kier molecular flexibility index (Phi) is 3.89. The van der Waals surface area contributed by atoms with E-state index >= 15 is 0 Å². The average Bonchev–Trinajstić information content (AvgIpc) is 3.07. The lowest BCUT2D eigenvalue weighted by Crippen LogP contribution is -2.33. The van der Waals surface area contributed by atoms with Crippen LogP contribution in [0.15, 0.2) is 22.7 Å². The lowest BCUT2D eigenvalue weighted by atomic mass is 10.2. The number of rotatable bonds is 3. The Morgan fingerprint density at radius 3 is 2.81 bits per heavy atom. The van der Waals surface area contributed by atoms with E-state index in [9.17, 15) is 4.79 Å². The third-order valence-electron chi connectivity index (χ3n) is 2.75. The smallest absolute Gasteiger partial charge is 0.255 e. The van der Waals surface area contributed by atoms with E-state index in [-0.39, 0.29) is 5.91 Å². The van der Waals surface area contributed by atoms with Crippen LogP contribution >= 0.6 is 38.5 Å². The number of halogens is 2. The van der Waals surface area contributed by atoms with E-state index in [1.165, 1.54) is 0 Å². The summed E-state index contributed by atoms with van der Waals surface area (Å²) in [6.07, 6.45) is 2.31. The molecule has 1 aliphatic carbocycles. The highest BCUT2D eigenvalue weighted by Gasteiger charge is 2.32. The van der Waals surface area contributed by atoms with Crippen LogP contribution in [-0.2, 0) is 0 Å². The maximum Gasteiger partial charge on any atom is 0.255 e. The maximum absolute atomic E-state index is 12.3. The molecule has 0 atom stereocenters.